The van der Waals surface area contributed by atoms with E-state index < -0.39 is 0 Å². The molecule has 0 aliphatic heterocycles. The predicted molar refractivity (Wildman–Crippen MR) is 96.6 cm³/mol. The molecule has 1 aliphatic rings. The van der Waals surface area contributed by atoms with Crippen LogP contribution in [-0.4, -0.2) is 26.3 Å². The van der Waals surface area contributed by atoms with Gasteiger partial charge in [0.15, 0.2) is 4.77 Å². The molecule has 0 radical (unpaired) electrons. The van der Waals surface area contributed by atoms with Crippen molar-refractivity contribution in [1.29, 1.82) is 0 Å². The Morgan fingerprint density at radius 3 is 2.65 bits per heavy atom. The summed E-state index contributed by atoms with van der Waals surface area (Å²) >= 11 is 17.6. The monoisotopic (exact) mass is 370 g/mol. The fourth-order valence-electron chi connectivity index (χ4n) is 2.72. The average Bonchev–Trinajstić information content (AvgIpc) is 3.30. The lowest BCUT2D eigenvalue weighted by atomic mass is 10.2. The molecule has 124 valence electrons. The molecule has 2 aromatic rings. The Morgan fingerprint density at radius 2 is 2.04 bits per heavy atom. The molecule has 4 nitrogen and oxygen atoms in total. The third-order valence-corrected chi connectivity index (χ3v) is 5.19. The summed E-state index contributed by atoms with van der Waals surface area (Å²) in [6.07, 6.45) is 2.45. The Labute approximate surface area is 151 Å². The lowest BCUT2D eigenvalue weighted by molar-refractivity contribution is 0.243. The van der Waals surface area contributed by atoms with E-state index in [9.17, 15) is 0 Å². The van der Waals surface area contributed by atoms with Gasteiger partial charge in [-0.25, -0.2) is 4.68 Å². The van der Waals surface area contributed by atoms with Gasteiger partial charge in [0.05, 0.1) is 16.7 Å². The van der Waals surface area contributed by atoms with Crippen LogP contribution in [0.25, 0.3) is 0 Å². The molecular formula is C16H20Cl2N4S. The van der Waals surface area contributed by atoms with Crippen LogP contribution in [0.4, 0.5) is 0 Å². The van der Waals surface area contributed by atoms with Crippen LogP contribution in [0.5, 0.6) is 0 Å². The van der Waals surface area contributed by atoms with Crippen molar-refractivity contribution in [1.82, 2.24) is 19.2 Å². The van der Waals surface area contributed by atoms with Gasteiger partial charge >= 0.3 is 0 Å². The molecule has 1 fully saturated rings. The lowest BCUT2D eigenvalue weighted by Gasteiger charge is -2.16. The maximum Gasteiger partial charge on any atom is 0.199 e. The van der Waals surface area contributed by atoms with Gasteiger partial charge in [0.25, 0.3) is 0 Å². The molecule has 0 spiro atoms. The fraction of sp³-hybridized carbons (Fsp3) is 0.500. The first-order valence-electron chi connectivity index (χ1n) is 7.79. The summed E-state index contributed by atoms with van der Waals surface area (Å²) < 4.78 is 4.87. The van der Waals surface area contributed by atoms with Crippen molar-refractivity contribution in [3.63, 3.8) is 0 Å². The standard InChI is InChI=1S/C16H20Cl2N4S/c1-3-21-15(12-5-6-12)19-22(16(21)23)10-20(2)9-11-4-7-13(17)14(18)8-11/h4,7-8,12H,3,5-6,9-10H2,1-2H3. The van der Waals surface area contributed by atoms with E-state index in [4.69, 9.17) is 40.5 Å². The quantitative estimate of drug-likeness (QED) is 0.688. The molecule has 0 amide bonds. The van der Waals surface area contributed by atoms with Crippen LogP contribution in [-0.2, 0) is 19.8 Å². The Kier molecular flexibility index (Phi) is 5.11. The van der Waals surface area contributed by atoms with Crippen LogP contribution in [0.15, 0.2) is 18.2 Å². The van der Waals surface area contributed by atoms with Crippen LogP contribution < -0.4 is 0 Å². The van der Waals surface area contributed by atoms with Crippen molar-refractivity contribution >= 4 is 35.4 Å². The van der Waals surface area contributed by atoms with Gasteiger partial charge in [-0.1, -0.05) is 29.3 Å². The first-order valence-corrected chi connectivity index (χ1v) is 8.96. The van der Waals surface area contributed by atoms with Crippen LogP contribution >= 0.6 is 35.4 Å². The maximum atomic E-state index is 6.08. The highest BCUT2D eigenvalue weighted by atomic mass is 35.5. The molecule has 0 N–H and O–H groups in total. The minimum absolute atomic E-state index is 0.580. The Bertz CT molecular complexity index is 764. The maximum absolute atomic E-state index is 6.08. The molecule has 3 rings (SSSR count). The largest absolute Gasteiger partial charge is 0.304 e. The molecule has 0 unspecified atom stereocenters. The molecule has 23 heavy (non-hydrogen) atoms. The van der Waals surface area contributed by atoms with Gasteiger partial charge in [-0.15, -0.1) is 0 Å². The molecule has 1 aromatic carbocycles. The van der Waals surface area contributed by atoms with E-state index in [0.29, 0.717) is 22.6 Å². The van der Waals surface area contributed by atoms with E-state index in [2.05, 4.69) is 16.4 Å². The summed E-state index contributed by atoms with van der Waals surface area (Å²) in [5.74, 6) is 1.73. The van der Waals surface area contributed by atoms with Gasteiger partial charge in [-0.2, -0.15) is 5.10 Å². The highest BCUT2D eigenvalue weighted by Gasteiger charge is 2.29. The molecule has 1 aromatic heterocycles. The smallest absolute Gasteiger partial charge is 0.199 e. The summed E-state index contributed by atoms with van der Waals surface area (Å²) in [6, 6.07) is 5.72. The Hall–Kier alpha value is -0.880. The van der Waals surface area contributed by atoms with Crippen LogP contribution in [0, 0.1) is 4.77 Å². The first-order chi connectivity index (χ1) is 11.0. The second kappa shape index (κ2) is 6.93. The van der Waals surface area contributed by atoms with Gasteiger partial charge in [-0.3, -0.25) is 4.90 Å². The van der Waals surface area contributed by atoms with E-state index in [1.54, 1.807) is 0 Å². The van der Waals surface area contributed by atoms with Crippen LogP contribution in [0.2, 0.25) is 10.0 Å². The molecule has 0 atom stereocenters. The van der Waals surface area contributed by atoms with Crippen molar-refractivity contribution in [2.75, 3.05) is 7.05 Å². The molecule has 1 saturated carbocycles. The summed E-state index contributed by atoms with van der Waals surface area (Å²) in [7, 11) is 2.05. The lowest BCUT2D eigenvalue weighted by Crippen LogP contribution is -2.22. The van der Waals surface area contributed by atoms with E-state index in [-0.39, 0.29) is 0 Å². The van der Waals surface area contributed by atoms with E-state index in [1.165, 1.54) is 12.8 Å². The second-order valence-corrected chi connectivity index (χ2v) is 7.24. The zero-order valence-corrected chi connectivity index (χ0v) is 15.6. The number of halogens is 2. The molecule has 0 saturated heterocycles. The average molecular weight is 371 g/mol. The van der Waals surface area contributed by atoms with Crippen molar-refractivity contribution in [3.05, 3.63) is 44.4 Å². The molecular weight excluding hydrogens is 351 g/mol. The SMILES string of the molecule is CCn1c(C2CC2)nn(CN(C)Cc2ccc(Cl)c(Cl)c2)c1=S. The van der Waals surface area contributed by atoms with E-state index in [0.717, 1.165) is 29.2 Å². The summed E-state index contributed by atoms with van der Waals surface area (Å²) in [6.45, 7) is 4.41. The molecule has 1 heterocycles. The Morgan fingerprint density at radius 1 is 1.30 bits per heavy atom. The van der Waals surface area contributed by atoms with Gasteiger partial charge in [0, 0.05) is 19.0 Å². The summed E-state index contributed by atoms with van der Waals surface area (Å²) in [5, 5.41) is 5.91. The third-order valence-electron chi connectivity index (χ3n) is 4.02. The first kappa shape index (κ1) is 17.0. The zero-order chi connectivity index (χ0) is 16.6. The van der Waals surface area contributed by atoms with E-state index >= 15 is 0 Å². The summed E-state index contributed by atoms with van der Waals surface area (Å²) in [5.41, 5.74) is 1.12. The van der Waals surface area contributed by atoms with Crippen molar-refractivity contribution < 1.29 is 0 Å². The van der Waals surface area contributed by atoms with Crippen molar-refractivity contribution in [3.8, 4) is 0 Å². The number of hydrogen-bond donors (Lipinski definition) is 0. The zero-order valence-electron chi connectivity index (χ0n) is 13.3. The van der Waals surface area contributed by atoms with Crippen LogP contribution in [0.3, 0.4) is 0 Å². The fourth-order valence-corrected chi connectivity index (χ4v) is 3.36. The molecule has 1 aliphatic carbocycles. The molecule has 0 bridgehead atoms. The van der Waals surface area contributed by atoms with Gasteiger partial charge in [0.1, 0.15) is 5.82 Å². The van der Waals surface area contributed by atoms with Gasteiger partial charge in [0.2, 0.25) is 0 Å². The van der Waals surface area contributed by atoms with Gasteiger partial charge < -0.3 is 4.57 Å². The number of hydrogen-bond acceptors (Lipinski definition) is 3. The second-order valence-electron chi connectivity index (χ2n) is 6.06. The van der Waals surface area contributed by atoms with Gasteiger partial charge in [-0.05, 0) is 56.7 Å². The highest BCUT2D eigenvalue weighted by molar-refractivity contribution is 7.71. The minimum atomic E-state index is 0.580. The van der Waals surface area contributed by atoms with Crippen molar-refractivity contribution in [2.24, 2.45) is 0 Å². The van der Waals surface area contributed by atoms with E-state index in [1.807, 2.05) is 29.9 Å². The topological polar surface area (TPSA) is 26.0 Å². The number of rotatable bonds is 6. The van der Waals surface area contributed by atoms with Crippen LogP contribution in [0.1, 0.15) is 37.1 Å². The predicted octanol–water partition coefficient (Wildman–Crippen LogP) is 4.71. The highest BCUT2D eigenvalue weighted by Crippen LogP contribution is 2.39. The Balaban J connectivity index is 1.73. The normalized spacial score (nSPS) is 14.7. The number of aromatic nitrogens is 3. The molecule has 7 heteroatoms. The summed E-state index contributed by atoms with van der Waals surface area (Å²) in [4.78, 5) is 2.17. The number of benzene rings is 1. The third kappa shape index (κ3) is 3.79. The van der Waals surface area contributed by atoms with Crippen molar-refractivity contribution in [2.45, 2.75) is 45.4 Å². The minimum Gasteiger partial charge on any atom is -0.304 e. The number of nitrogens with zero attached hydrogens (tertiary/aromatic N) is 4.